The molecule has 0 saturated carbocycles. The van der Waals surface area contributed by atoms with Crippen LogP contribution in [0.5, 0.6) is 0 Å². The summed E-state index contributed by atoms with van der Waals surface area (Å²) in [5.41, 5.74) is 1.86. The molecule has 1 fully saturated rings. The van der Waals surface area contributed by atoms with Gasteiger partial charge in [-0.15, -0.1) is 0 Å². The lowest BCUT2D eigenvalue weighted by Gasteiger charge is -2.32. The van der Waals surface area contributed by atoms with Gasteiger partial charge in [0.25, 0.3) is 0 Å². The van der Waals surface area contributed by atoms with Gasteiger partial charge in [0.1, 0.15) is 5.82 Å². The summed E-state index contributed by atoms with van der Waals surface area (Å²) in [5.74, 6) is 1.17. The van der Waals surface area contributed by atoms with Crippen molar-refractivity contribution in [3.05, 3.63) is 52.6 Å². The van der Waals surface area contributed by atoms with Crippen molar-refractivity contribution in [3.63, 3.8) is 0 Å². The fourth-order valence-corrected chi connectivity index (χ4v) is 3.26. The van der Waals surface area contributed by atoms with Crippen molar-refractivity contribution in [2.45, 2.75) is 19.8 Å². The number of hydrogen-bond acceptors (Lipinski definition) is 3. The summed E-state index contributed by atoms with van der Waals surface area (Å²) >= 11 is 3.46. The summed E-state index contributed by atoms with van der Waals surface area (Å²) in [6.45, 7) is 3.73. The molecule has 3 rings (SSSR count). The second-order valence-electron chi connectivity index (χ2n) is 5.87. The molecule has 1 aromatic carbocycles. The zero-order valence-electron chi connectivity index (χ0n) is 13.1. The SMILES string of the molecule is Cc1cccc(N2CCC(C(=O)Nc3ccccc3Br)CC2)n1. The van der Waals surface area contributed by atoms with E-state index in [1.807, 2.05) is 49.4 Å². The van der Waals surface area contributed by atoms with Crippen LogP contribution in [0.1, 0.15) is 18.5 Å². The van der Waals surface area contributed by atoms with Gasteiger partial charge in [-0.3, -0.25) is 4.79 Å². The van der Waals surface area contributed by atoms with Crippen LogP contribution >= 0.6 is 15.9 Å². The predicted octanol–water partition coefficient (Wildman–Crippen LogP) is 4.01. The van der Waals surface area contributed by atoms with Crippen LogP contribution in [0.25, 0.3) is 0 Å². The summed E-state index contributed by atoms with van der Waals surface area (Å²) < 4.78 is 0.912. The smallest absolute Gasteiger partial charge is 0.227 e. The molecule has 1 amide bonds. The summed E-state index contributed by atoms with van der Waals surface area (Å²) in [7, 11) is 0. The molecule has 0 radical (unpaired) electrons. The van der Waals surface area contributed by atoms with Crippen LogP contribution in [-0.4, -0.2) is 24.0 Å². The molecule has 0 atom stereocenters. The number of rotatable bonds is 3. The molecular weight excluding hydrogens is 354 g/mol. The van der Waals surface area contributed by atoms with E-state index < -0.39 is 0 Å². The molecule has 0 bridgehead atoms. The molecule has 4 nitrogen and oxygen atoms in total. The highest BCUT2D eigenvalue weighted by Crippen LogP contribution is 2.26. The van der Waals surface area contributed by atoms with Gasteiger partial charge in [0.15, 0.2) is 0 Å². The van der Waals surface area contributed by atoms with Crippen molar-refractivity contribution in [1.82, 2.24) is 4.98 Å². The maximum atomic E-state index is 12.5. The third-order valence-electron chi connectivity index (χ3n) is 4.20. The van der Waals surface area contributed by atoms with E-state index in [1.165, 1.54) is 0 Å². The summed E-state index contributed by atoms with van der Waals surface area (Å²) in [6.07, 6.45) is 1.71. The summed E-state index contributed by atoms with van der Waals surface area (Å²) in [5, 5.41) is 3.02. The third kappa shape index (κ3) is 3.91. The number of halogens is 1. The van der Waals surface area contributed by atoms with E-state index in [1.54, 1.807) is 0 Å². The molecule has 5 heteroatoms. The number of nitrogens with zero attached hydrogens (tertiary/aromatic N) is 2. The first-order valence-corrected chi connectivity index (χ1v) is 8.67. The number of carbonyl (C=O) groups excluding carboxylic acids is 1. The second kappa shape index (κ2) is 7.13. The van der Waals surface area contributed by atoms with Crippen LogP contribution in [-0.2, 0) is 4.79 Å². The van der Waals surface area contributed by atoms with Crippen molar-refractivity contribution in [2.75, 3.05) is 23.3 Å². The number of anilines is 2. The molecule has 1 N–H and O–H groups in total. The second-order valence-corrected chi connectivity index (χ2v) is 6.72. The van der Waals surface area contributed by atoms with Gasteiger partial charge in [0.05, 0.1) is 5.69 Å². The average molecular weight is 374 g/mol. The zero-order chi connectivity index (χ0) is 16.2. The minimum Gasteiger partial charge on any atom is -0.357 e. The monoisotopic (exact) mass is 373 g/mol. The van der Waals surface area contributed by atoms with E-state index in [0.717, 1.165) is 47.6 Å². The molecule has 0 aliphatic carbocycles. The van der Waals surface area contributed by atoms with Gasteiger partial charge in [0, 0.05) is 29.2 Å². The van der Waals surface area contributed by atoms with E-state index >= 15 is 0 Å². The fraction of sp³-hybridized carbons (Fsp3) is 0.333. The van der Waals surface area contributed by atoms with Crippen molar-refractivity contribution >= 4 is 33.3 Å². The quantitative estimate of drug-likeness (QED) is 0.883. The van der Waals surface area contributed by atoms with Crippen molar-refractivity contribution in [2.24, 2.45) is 5.92 Å². The van der Waals surface area contributed by atoms with Gasteiger partial charge >= 0.3 is 0 Å². The Morgan fingerprint density at radius 1 is 1.17 bits per heavy atom. The van der Waals surface area contributed by atoms with E-state index in [2.05, 4.69) is 31.1 Å². The van der Waals surface area contributed by atoms with Crippen LogP contribution in [0.15, 0.2) is 46.9 Å². The van der Waals surface area contributed by atoms with E-state index in [4.69, 9.17) is 0 Å². The van der Waals surface area contributed by atoms with Gasteiger partial charge in [-0.05, 0) is 60.0 Å². The van der Waals surface area contributed by atoms with Crippen LogP contribution < -0.4 is 10.2 Å². The molecule has 1 aromatic heterocycles. The third-order valence-corrected chi connectivity index (χ3v) is 4.89. The Morgan fingerprint density at radius 2 is 1.91 bits per heavy atom. The lowest BCUT2D eigenvalue weighted by Crippen LogP contribution is -2.38. The molecule has 1 aliphatic rings. The number of benzene rings is 1. The van der Waals surface area contributed by atoms with E-state index in [0.29, 0.717) is 0 Å². The van der Waals surface area contributed by atoms with Crippen molar-refractivity contribution < 1.29 is 4.79 Å². The molecule has 2 aromatic rings. The lowest BCUT2D eigenvalue weighted by molar-refractivity contribution is -0.120. The molecule has 0 unspecified atom stereocenters. The van der Waals surface area contributed by atoms with Crippen LogP contribution in [0.4, 0.5) is 11.5 Å². The number of amides is 1. The Kier molecular flexibility index (Phi) is 4.96. The van der Waals surface area contributed by atoms with E-state index in [-0.39, 0.29) is 11.8 Å². The highest BCUT2D eigenvalue weighted by Gasteiger charge is 2.25. The molecule has 0 spiro atoms. The molecule has 120 valence electrons. The Bertz CT molecular complexity index is 696. The van der Waals surface area contributed by atoms with E-state index in [9.17, 15) is 4.79 Å². The number of pyridine rings is 1. The first kappa shape index (κ1) is 16.0. The number of carbonyl (C=O) groups is 1. The minimum atomic E-state index is 0.0585. The van der Waals surface area contributed by atoms with Crippen molar-refractivity contribution in [1.29, 1.82) is 0 Å². The largest absolute Gasteiger partial charge is 0.357 e. The minimum absolute atomic E-state index is 0.0585. The molecule has 1 aliphatic heterocycles. The van der Waals surface area contributed by atoms with Gasteiger partial charge in [0.2, 0.25) is 5.91 Å². The number of hydrogen-bond donors (Lipinski definition) is 1. The van der Waals surface area contributed by atoms with Crippen LogP contribution in [0.3, 0.4) is 0 Å². The summed E-state index contributed by atoms with van der Waals surface area (Å²) in [4.78, 5) is 19.3. The number of piperidine rings is 1. The molecule has 23 heavy (non-hydrogen) atoms. The lowest BCUT2D eigenvalue weighted by atomic mass is 9.95. The highest BCUT2D eigenvalue weighted by atomic mass is 79.9. The molecule has 1 saturated heterocycles. The summed E-state index contributed by atoms with van der Waals surface area (Å²) in [6, 6.07) is 13.8. The normalized spacial score (nSPS) is 15.5. The Hall–Kier alpha value is -1.88. The maximum absolute atomic E-state index is 12.5. The first-order valence-electron chi connectivity index (χ1n) is 7.87. The van der Waals surface area contributed by atoms with Gasteiger partial charge < -0.3 is 10.2 Å². The molecule has 2 heterocycles. The van der Waals surface area contributed by atoms with Crippen LogP contribution in [0.2, 0.25) is 0 Å². The number of aromatic nitrogens is 1. The average Bonchev–Trinajstić information content (AvgIpc) is 2.57. The van der Waals surface area contributed by atoms with Gasteiger partial charge in [-0.25, -0.2) is 4.98 Å². The number of para-hydroxylation sites is 1. The number of aryl methyl sites for hydroxylation is 1. The Morgan fingerprint density at radius 3 is 2.61 bits per heavy atom. The van der Waals surface area contributed by atoms with Crippen LogP contribution in [0, 0.1) is 12.8 Å². The predicted molar refractivity (Wildman–Crippen MR) is 96.7 cm³/mol. The highest BCUT2D eigenvalue weighted by molar-refractivity contribution is 9.10. The first-order chi connectivity index (χ1) is 11.1. The Labute approximate surface area is 145 Å². The van der Waals surface area contributed by atoms with Gasteiger partial charge in [-0.2, -0.15) is 0 Å². The topological polar surface area (TPSA) is 45.2 Å². The Balaban J connectivity index is 1.58. The zero-order valence-corrected chi connectivity index (χ0v) is 14.7. The fourth-order valence-electron chi connectivity index (χ4n) is 2.87. The van der Waals surface area contributed by atoms with Crippen molar-refractivity contribution in [3.8, 4) is 0 Å². The molecular formula is C18H20BrN3O. The van der Waals surface area contributed by atoms with Gasteiger partial charge in [-0.1, -0.05) is 18.2 Å². The maximum Gasteiger partial charge on any atom is 0.227 e. The number of nitrogens with one attached hydrogen (secondary N) is 1. The standard InChI is InChI=1S/C18H20BrN3O/c1-13-5-4-8-17(20-13)22-11-9-14(10-12-22)18(23)21-16-7-3-2-6-15(16)19/h2-8,14H,9-12H2,1H3,(H,21,23).